The summed E-state index contributed by atoms with van der Waals surface area (Å²) >= 11 is 5.87. The topological polar surface area (TPSA) is 61.9 Å². The third kappa shape index (κ3) is 4.93. The Bertz CT molecular complexity index is 1170. The van der Waals surface area contributed by atoms with Crippen LogP contribution >= 0.6 is 11.6 Å². The highest BCUT2D eigenvalue weighted by Crippen LogP contribution is 2.26. The molecule has 1 fully saturated rings. The predicted octanol–water partition coefficient (Wildman–Crippen LogP) is 5.57. The van der Waals surface area contributed by atoms with Gasteiger partial charge in [-0.3, -0.25) is 9.69 Å². The van der Waals surface area contributed by atoms with Crippen molar-refractivity contribution >= 4 is 34.9 Å². The standard InChI is InChI=1S/C25H23ClFN3O3/c1-33-22-9-3-2-7-20(22)24(31)28-18-10-12-19(13-11-18)30-15-5-14-29(25(30)32)16-17-6-4-8-21(26)23(17)27/h2-4,6-13H,5,14-16H2,1H3,(H,28,31). The van der Waals surface area contributed by atoms with Gasteiger partial charge in [-0.25, -0.2) is 9.18 Å². The van der Waals surface area contributed by atoms with Crippen molar-refractivity contribution in [2.45, 2.75) is 13.0 Å². The Hall–Kier alpha value is -3.58. The van der Waals surface area contributed by atoms with Gasteiger partial charge < -0.3 is 15.0 Å². The fourth-order valence-corrected chi connectivity index (χ4v) is 3.99. The first-order valence-corrected chi connectivity index (χ1v) is 10.9. The highest BCUT2D eigenvalue weighted by Gasteiger charge is 2.27. The number of anilines is 2. The number of carbonyl (C=O) groups excluding carboxylic acids is 2. The molecule has 3 aromatic rings. The number of nitrogens with one attached hydrogen (secondary N) is 1. The maximum absolute atomic E-state index is 14.3. The number of hydrogen-bond acceptors (Lipinski definition) is 3. The zero-order valence-electron chi connectivity index (χ0n) is 18.1. The van der Waals surface area contributed by atoms with Crippen molar-refractivity contribution in [2.24, 2.45) is 0 Å². The van der Waals surface area contributed by atoms with Crippen molar-refractivity contribution in [3.05, 3.63) is 88.7 Å². The van der Waals surface area contributed by atoms with Gasteiger partial charge in [0, 0.05) is 30.0 Å². The quantitative estimate of drug-likeness (QED) is 0.515. The molecule has 0 saturated carbocycles. The molecule has 0 atom stereocenters. The van der Waals surface area contributed by atoms with Gasteiger partial charge in [-0.2, -0.15) is 0 Å². The van der Waals surface area contributed by atoms with E-state index in [4.69, 9.17) is 16.3 Å². The number of methoxy groups -OCH3 is 1. The van der Waals surface area contributed by atoms with Crippen LogP contribution in [0.2, 0.25) is 5.02 Å². The van der Waals surface area contributed by atoms with Crippen LogP contribution in [0.1, 0.15) is 22.3 Å². The van der Waals surface area contributed by atoms with Gasteiger partial charge in [0.05, 0.1) is 24.2 Å². The van der Waals surface area contributed by atoms with Crippen LogP contribution in [0, 0.1) is 5.82 Å². The number of ether oxygens (including phenoxy) is 1. The van der Waals surface area contributed by atoms with Crippen LogP contribution in [0.4, 0.5) is 20.6 Å². The van der Waals surface area contributed by atoms with E-state index in [1.165, 1.54) is 13.2 Å². The summed E-state index contributed by atoms with van der Waals surface area (Å²) in [4.78, 5) is 28.9. The summed E-state index contributed by atoms with van der Waals surface area (Å²) in [6.07, 6.45) is 0.750. The summed E-state index contributed by atoms with van der Waals surface area (Å²) < 4.78 is 19.5. The Labute approximate surface area is 196 Å². The van der Waals surface area contributed by atoms with Crippen LogP contribution in [-0.4, -0.2) is 37.0 Å². The Morgan fingerprint density at radius 1 is 1.06 bits per heavy atom. The smallest absolute Gasteiger partial charge is 0.324 e. The summed E-state index contributed by atoms with van der Waals surface area (Å²) in [6, 6.07) is 18.6. The van der Waals surface area contributed by atoms with Crippen molar-refractivity contribution in [3.63, 3.8) is 0 Å². The molecular weight excluding hydrogens is 445 g/mol. The molecule has 6 nitrogen and oxygen atoms in total. The Kier molecular flexibility index (Phi) is 6.79. The molecule has 1 aliphatic heterocycles. The lowest BCUT2D eigenvalue weighted by atomic mass is 10.1. The second-order valence-corrected chi connectivity index (χ2v) is 8.03. The van der Waals surface area contributed by atoms with Crippen LogP contribution in [-0.2, 0) is 6.54 Å². The molecule has 0 aromatic heterocycles. The van der Waals surface area contributed by atoms with Crippen molar-refractivity contribution in [2.75, 3.05) is 30.4 Å². The number of hydrogen-bond donors (Lipinski definition) is 1. The third-order valence-corrected chi connectivity index (χ3v) is 5.78. The molecule has 1 aliphatic rings. The second-order valence-electron chi connectivity index (χ2n) is 7.62. The number of halogens is 2. The molecule has 1 heterocycles. The van der Waals surface area contributed by atoms with Gasteiger partial charge in [-0.15, -0.1) is 0 Å². The normalized spacial score (nSPS) is 13.7. The van der Waals surface area contributed by atoms with Crippen molar-refractivity contribution < 1.29 is 18.7 Å². The molecule has 0 spiro atoms. The Balaban J connectivity index is 1.45. The number of rotatable bonds is 6. The lowest BCUT2D eigenvalue weighted by molar-refractivity contribution is 0.102. The largest absolute Gasteiger partial charge is 0.496 e. The highest BCUT2D eigenvalue weighted by atomic mass is 35.5. The van der Waals surface area contributed by atoms with E-state index in [1.807, 2.05) is 0 Å². The number of carbonyl (C=O) groups is 2. The monoisotopic (exact) mass is 467 g/mol. The van der Waals surface area contributed by atoms with Crippen molar-refractivity contribution in [1.29, 1.82) is 0 Å². The minimum absolute atomic E-state index is 0.0413. The first kappa shape index (κ1) is 22.6. The first-order valence-electron chi connectivity index (χ1n) is 10.5. The van der Waals surface area contributed by atoms with E-state index in [-0.39, 0.29) is 23.5 Å². The molecule has 3 aromatic carbocycles. The van der Waals surface area contributed by atoms with Crippen LogP contribution < -0.4 is 15.0 Å². The van der Waals surface area contributed by atoms with E-state index >= 15 is 0 Å². The zero-order chi connectivity index (χ0) is 23.4. The summed E-state index contributed by atoms with van der Waals surface area (Å²) in [5.74, 6) is -0.301. The van der Waals surface area contributed by atoms with Gasteiger partial charge in [0.15, 0.2) is 0 Å². The van der Waals surface area contributed by atoms with Crippen LogP contribution in [0.5, 0.6) is 5.75 Å². The Morgan fingerprint density at radius 2 is 1.82 bits per heavy atom. The van der Waals surface area contributed by atoms with Gasteiger partial charge in [0.2, 0.25) is 0 Å². The number of amides is 3. The van der Waals surface area contributed by atoms with E-state index in [0.717, 1.165) is 6.42 Å². The van der Waals surface area contributed by atoms with Crippen molar-refractivity contribution in [1.82, 2.24) is 4.90 Å². The fraction of sp³-hybridized carbons (Fsp3) is 0.200. The molecule has 0 unspecified atom stereocenters. The molecule has 0 aliphatic carbocycles. The van der Waals surface area contributed by atoms with E-state index in [9.17, 15) is 14.0 Å². The van der Waals surface area contributed by atoms with Gasteiger partial charge in [0.25, 0.3) is 5.91 Å². The highest BCUT2D eigenvalue weighted by molar-refractivity contribution is 6.30. The molecular formula is C25H23ClFN3O3. The molecule has 0 bridgehead atoms. The molecule has 1 N–H and O–H groups in total. The number of para-hydroxylation sites is 1. The average Bonchev–Trinajstić information content (AvgIpc) is 2.84. The predicted molar refractivity (Wildman–Crippen MR) is 127 cm³/mol. The molecule has 33 heavy (non-hydrogen) atoms. The maximum atomic E-state index is 14.3. The third-order valence-electron chi connectivity index (χ3n) is 5.49. The molecule has 1 saturated heterocycles. The summed E-state index contributed by atoms with van der Waals surface area (Å²) in [5.41, 5.74) is 2.11. The summed E-state index contributed by atoms with van der Waals surface area (Å²) in [6.45, 7) is 1.24. The van der Waals surface area contributed by atoms with Crippen LogP contribution in [0.15, 0.2) is 66.7 Å². The van der Waals surface area contributed by atoms with Gasteiger partial charge >= 0.3 is 6.03 Å². The molecule has 4 rings (SSSR count). The van der Waals surface area contributed by atoms with E-state index < -0.39 is 5.82 Å². The zero-order valence-corrected chi connectivity index (χ0v) is 18.8. The minimum atomic E-state index is -0.501. The second kappa shape index (κ2) is 9.92. The molecule has 0 radical (unpaired) electrons. The van der Waals surface area contributed by atoms with Crippen LogP contribution in [0.25, 0.3) is 0 Å². The average molecular weight is 468 g/mol. The van der Waals surface area contributed by atoms with E-state index in [0.29, 0.717) is 41.3 Å². The SMILES string of the molecule is COc1ccccc1C(=O)Nc1ccc(N2CCCN(Cc3cccc(Cl)c3F)C2=O)cc1. The fourth-order valence-electron chi connectivity index (χ4n) is 3.80. The minimum Gasteiger partial charge on any atom is -0.496 e. The number of urea groups is 1. The van der Waals surface area contributed by atoms with Gasteiger partial charge in [0.1, 0.15) is 11.6 Å². The maximum Gasteiger partial charge on any atom is 0.324 e. The number of nitrogens with zero attached hydrogens (tertiary/aromatic N) is 2. The molecule has 3 amide bonds. The molecule has 8 heteroatoms. The summed E-state index contributed by atoms with van der Waals surface area (Å²) in [7, 11) is 1.51. The lowest BCUT2D eigenvalue weighted by Crippen LogP contribution is -2.49. The van der Waals surface area contributed by atoms with Crippen LogP contribution in [0.3, 0.4) is 0 Å². The van der Waals surface area contributed by atoms with E-state index in [1.54, 1.807) is 70.5 Å². The first-order chi connectivity index (χ1) is 16.0. The summed E-state index contributed by atoms with van der Waals surface area (Å²) in [5, 5.41) is 2.88. The lowest BCUT2D eigenvalue weighted by Gasteiger charge is -2.35. The van der Waals surface area contributed by atoms with Gasteiger partial charge in [-0.1, -0.05) is 35.9 Å². The van der Waals surface area contributed by atoms with Crippen molar-refractivity contribution in [3.8, 4) is 5.75 Å². The van der Waals surface area contributed by atoms with E-state index in [2.05, 4.69) is 5.32 Å². The molecule has 170 valence electrons. The van der Waals surface area contributed by atoms with Gasteiger partial charge in [-0.05, 0) is 48.9 Å². The Morgan fingerprint density at radius 3 is 2.58 bits per heavy atom. The number of benzene rings is 3.